The lowest BCUT2D eigenvalue weighted by atomic mass is 9.96. The molecule has 0 spiro atoms. The van der Waals surface area contributed by atoms with E-state index in [2.05, 4.69) is 10.6 Å². The fourth-order valence-corrected chi connectivity index (χ4v) is 2.22. The van der Waals surface area contributed by atoms with E-state index in [0.29, 0.717) is 6.42 Å². The average Bonchev–Trinajstić information content (AvgIpc) is 2.53. The van der Waals surface area contributed by atoms with Crippen LogP contribution in [0.2, 0.25) is 0 Å². The number of nitrogens with two attached hydrogens (primary N) is 1. The Labute approximate surface area is 144 Å². The molecule has 0 aliphatic carbocycles. The SMILES string of the molecule is CC[C@H](C)[C@H](N)C(=O)N[C@H](C(=O)N[C@H](C(=O)O)[C@@H](C)CC)C(C)C. The van der Waals surface area contributed by atoms with Crippen LogP contribution in [0.4, 0.5) is 0 Å². The highest BCUT2D eigenvalue weighted by Crippen LogP contribution is 2.11. The molecule has 0 saturated carbocycles. The maximum Gasteiger partial charge on any atom is 0.326 e. The van der Waals surface area contributed by atoms with Crippen molar-refractivity contribution in [3.05, 3.63) is 0 Å². The van der Waals surface area contributed by atoms with Gasteiger partial charge in [-0.1, -0.05) is 54.4 Å². The van der Waals surface area contributed by atoms with E-state index < -0.39 is 35.9 Å². The van der Waals surface area contributed by atoms with Crippen LogP contribution in [-0.4, -0.2) is 41.0 Å². The first-order valence-electron chi connectivity index (χ1n) is 8.65. The molecule has 5 N–H and O–H groups in total. The molecule has 0 unspecified atom stereocenters. The molecule has 140 valence electrons. The van der Waals surface area contributed by atoms with Gasteiger partial charge in [0, 0.05) is 0 Å². The first-order chi connectivity index (χ1) is 11.1. The summed E-state index contributed by atoms with van der Waals surface area (Å²) in [7, 11) is 0. The lowest BCUT2D eigenvalue weighted by molar-refractivity contribution is -0.144. The van der Waals surface area contributed by atoms with E-state index in [4.69, 9.17) is 5.73 Å². The lowest BCUT2D eigenvalue weighted by Gasteiger charge is -2.28. The number of hydrogen-bond acceptors (Lipinski definition) is 4. The van der Waals surface area contributed by atoms with Gasteiger partial charge in [0.1, 0.15) is 12.1 Å². The molecule has 0 aliphatic rings. The van der Waals surface area contributed by atoms with Crippen molar-refractivity contribution < 1.29 is 19.5 Å². The minimum Gasteiger partial charge on any atom is -0.480 e. The quantitative estimate of drug-likeness (QED) is 0.473. The summed E-state index contributed by atoms with van der Waals surface area (Å²) >= 11 is 0. The third kappa shape index (κ3) is 6.47. The van der Waals surface area contributed by atoms with Gasteiger partial charge in [0.05, 0.1) is 6.04 Å². The van der Waals surface area contributed by atoms with Gasteiger partial charge in [-0.3, -0.25) is 9.59 Å². The zero-order valence-corrected chi connectivity index (χ0v) is 15.6. The van der Waals surface area contributed by atoms with Gasteiger partial charge in [0.15, 0.2) is 0 Å². The first-order valence-corrected chi connectivity index (χ1v) is 8.65. The van der Waals surface area contributed by atoms with Crippen molar-refractivity contribution in [2.45, 2.75) is 72.5 Å². The van der Waals surface area contributed by atoms with Gasteiger partial charge in [-0.05, 0) is 17.8 Å². The molecule has 0 fully saturated rings. The average molecular weight is 343 g/mol. The number of rotatable bonds is 10. The summed E-state index contributed by atoms with van der Waals surface area (Å²) in [5.41, 5.74) is 5.90. The largest absolute Gasteiger partial charge is 0.480 e. The summed E-state index contributed by atoms with van der Waals surface area (Å²) in [6.07, 6.45) is 1.37. The number of hydrogen-bond donors (Lipinski definition) is 4. The second-order valence-electron chi connectivity index (χ2n) is 6.85. The van der Waals surface area contributed by atoms with Gasteiger partial charge < -0.3 is 21.5 Å². The van der Waals surface area contributed by atoms with Crippen molar-refractivity contribution in [1.82, 2.24) is 10.6 Å². The number of carboxylic acid groups (broad SMARTS) is 1. The number of carboxylic acids is 1. The molecule has 7 nitrogen and oxygen atoms in total. The van der Waals surface area contributed by atoms with Gasteiger partial charge in [-0.25, -0.2) is 4.79 Å². The van der Waals surface area contributed by atoms with Crippen molar-refractivity contribution in [3.8, 4) is 0 Å². The van der Waals surface area contributed by atoms with Crippen LogP contribution < -0.4 is 16.4 Å². The summed E-state index contributed by atoms with van der Waals surface area (Å²) < 4.78 is 0. The van der Waals surface area contributed by atoms with E-state index in [1.165, 1.54) is 0 Å². The Balaban J connectivity index is 5.08. The number of carbonyl (C=O) groups is 3. The van der Waals surface area contributed by atoms with Crippen LogP contribution in [0.5, 0.6) is 0 Å². The van der Waals surface area contributed by atoms with E-state index in [0.717, 1.165) is 6.42 Å². The maximum absolute atomic E-state index is 12.5. The van der Waals surface area contributed by atoms with Crippen LogP contribution in [0.15, 0.2) is 0 Å². The fraction of sp³-hybridized carbons (Fsp3) is 0.824. The second-order valence-corrected chi connectivity index (χ2v) is 6.85. The van der Waals surface area contributed by atoms with Crippen molar-refractivity contribution in [2.75, 3.05) is 0 Å². The molecule has 0 rings (SSSR count). The van der Waals surface area contributed by atoms with E-state index >= 15 is 0 Å². The molecule has 0 aromatic rings. The van der Waals surface area contributed by atoms with E-state index in [9.17, 15) is 19.5 Å². The highest BCUT2D eigenvalue weighted by Gasteiger charge is 2.32. The number of nitrogens with one attached hydrogen (secondary N) is 2. The first kappa shape index (κ1) is 22.4. The Bertz CT molecular complexity index is 440. The van der Waals surface area contributed by atoms with Crippen molar-refractivity contribution >= 4 is 17.8 Å². The fourth-order valence-electron chi connectivity index (χ4n) is 2.22. The third-order valence-electron chi connectivity index (χ3n) is 4.58. The summed E-state index contributed by atoms with van der Waals surface area (Å²) in [5, 5.41) is 14.5. The van der Waals surface area contributed by atoms with Gasteiger partial charge in [-0.15, -0.1) is 0 Å². The highest BCUT2D eigenvalue weighted by atomic mass is 16.4. The van der Waals surface area contributed by atoms with Crippen LogP contribution in [0, 0.1) is 17.8 Å². The predicted molar refractivity (Wildman–Crippen MR) is 93.2 cm³/mol. The monoisotopic (exact) mass is 343 g/mol. The lowest BCUT2D eigenvalue weighted by Crippen LogP contribution is -2.58. The van der Waals surface area contributed by atoms with Crippen LogP contribution >= 0.6 is 0 Å². The topological polar surface area (TPSA) is 122 Å². The van der Waals surface area contributed by atoms with Crippen molar-refractivity contribution in [2.24, 2.45) is 23.5 Å². The van der Waals surface area contributed by atoms with Crippen molar-refractivity contribution in [1.29, 1.82) is 0 Å². The third-order valence-corrected chi connectivity index (χ3v) is 4.58. The standard InChI is InChI=1S/C17H33N3O4/c1-7-10(5)12(18)15(21)19-13(9(3)4)16(22)20-14(17(23)24)11(6)8-2/h9-14H,7-8,18H2,1-6H3,(H,19,21)(H,20,22)(H,23,24)/t10-,11-,12-,13-,14-/m0/s1. The minimum atomic E-state index is -1.08. The zero-order chi connectivity index (χ0) is 19.0. The number of amides is 2. The summed E-state index contributed by atoms with van der Waals surface area (Å²) in [6, 6.07) is -2.50. The molecular weight excluding hydrogens is 310 g/mol. The molecule has 24 heavy (non-hydrogen) atoms. The smallest absolute Gasteiger partial charge is 0.326 e. The van der Waals surface area contributed by atoms with E-state index in [1.54, 1.807) is 20.8 Å². The van der Waals surface area contributed by atoms with Crippen LogP contribution in [0.3, 0.4) is 0 Å². The molecule has 0 aromatic carbocycles. The molecular formula is C17H33N3O4. The van der Waals surface area contributed by atoms with Gasteiger partial charge in [0.2, 0.25) is 11.8 Å². The van der Waals surface area contributed by atoms with Crippen LogP contribution in [-0.2, 0) is 14.4 Å². The number of aliphatic carboxylic acids is 1. The van der Waals surface area contributed by atoms with E-state index in [1.807, 2.05) is 20.8 Å². The minimum absolute atomic E-state index is 0.00671. The summed E-state index contributed by atoms with van der Waals surface area (Å²) in [6.45, 7) is 11.0. The molecule has 0 aliphatic heterocycles. The molecule has 2 amide bonds. The van der Waals surface area contributed by atoms with Crippen LogP contribution in [0.25, 0.3) is 0 Å². The molecule has 0 bridgehead atoms. The Kier molecular flexibility index (Phi) is 9.58. The molecule has 7 heteroatoms. The summed E-state index contributed by atoms with van der Waals surface area (Å²) in [4.78, 5) is 36.1. The van der Waals surface area contributed by atoms with Gasteiger partial charge >= 0.3 is 5.97 Å². The predicted octanol–water partition coefficient (Wildman–Crippen LogP) is 1.12. The normalized spacial score (nSPS) is 17.5. The van der Waals surface area contributed by atoms with E-state index in [-0.39, 0.29) is 17.8 Å². The van der Waals surface area contributed by atoms with Gasteiger partial charge in [-0.2, -0.15) is 0 Å². The van der Waals surface area contributed by atoms with Crippen LogP contribution in [0.1, 0.15) is 54.4 Å². The summed E-state index contributed by atoms with van der Waals surface area (Å²) in [5.74, 6) is -2.38. The number of carbonyl (C=O) groups excluding carboxylic acids is 2. The zero-order valence-electron chi connectivity index (χ0n) is 15.6. The molecule has 5 atom stereocenters. The Morgan fingerprint density at radius 1 is 0.875 bits per heavy atom. The Hall–Kier alpha value is -1.63. The molecule has 0 heterocycles. The molecule has 0 aromatic heterocycles. The Morgan fingerprint density at radius 3 is 1.71 bits per heavy atom. The molecule has 0 radical (unpaired) electrons. The maximum atomic E-state index is 12.5. The van der Waals surface area contributed by atoms with Gasteiger partial charge in [0.25, 0.3) is 0 Å². The second kappa shape index (κ2) is 10.3. The Morgan fingerprint density at radius 2 is 1.33 bits per heavy atom. The molecule has 0 saturated heterocycles. The highest BCUT2D eigenvalue weighted by molar-refractivity contribution is 5.92. The van der Waals surface area contributed by atoms with Crippen molar-refractivity contribution in [3.63, 3.8) is 0 Å².